The number of methoxy groups -OCH3 is 3. The van der Waals surface area contributed by atoms with Crippen molar-refractivity contribution in [1.29, 1.82) is 10.5 Å². The van der Waals surface area contributed by atoms with Crippen molar-refractivity contribution in [1.82, 2.24) is 14.5 Å². The lowest BCUT2D eigenvalue weighted by Crippen LogP contribution is -2.19. The van der Waals surface area contributed by atoms with Gasteiger partial charge in [-0.15, -0.1) is 0 Å². The molecule has 13 heteroatoms. The number of anilines is 2. The van der Waals surface area contributed by atoms with Crippen LogP contribution < -0.4 is 19.8 Å². The molecule has 0 unspecified atom stereocenters. The Morgan fingerprint density at radius 2 is 1.44 bits per heavy atom. The smallest absolute Gasteiger partial charge is 0.342 e. The van der Waals surface area contributed by atoms with Crippen LogP contribution in [0.1, 0.15) is 35.3 Å². The quantitative estimate of drug-likeness (QED) is 0.160. The molecule has 7 rings (SSSR count). The van der Waals surface area contributed by atoms with Crippen LogP contribution in [0.2, 0.25) is 0 Å². The molecule has 0 atom stereocenters. The van der Waals surface area contributed by atoms with E-state index in [1.165, 1.54) is 45.6 Å². The molecule has 52 heavy (non-hydrogen) atoms. The van der Waals surface area contributed by atoms with Crippen LogP contribution in [-0.4, -0.2) is 48.4 Å². The van der Waals surface area contributed by atoms with Crippen molar-refractivity contribution < 1.29 is 27.8 Å². The summed E-state index contributed by atoms with van der Waals surface area (Å²) in [5.41, 5.74) is 4.11. The first-order valence-electron chi connectivity index (χ1n) is 16.1. The summed E-state index contributed by atoms with van der Waals surface area (Å²) in [6.45, 7) is 4.83. The normalized spacial score (nSPS) is 10.9. The standard InChI is InChI=1S/C20H18FN3O3.C19H14FN3O2/c1-4-24(13-6-8-17(26-2)15(21)10-13)19-18(20(25)27-3)14-7-5-12(11-22)9-16(14)23-19;1-3-23-15-8-13(20)16(25-2)7-12(15)18(24)17-11-5-4-10(9-21)6-14(11)22-19(17)23/h5-10,23H,4H2,1-3H3;4-8,22H,3H2,1-2H3. The second kappa shape index (κ2) is 14.2. The largest absolute Gasteiger partial charge is 0.494 e. The molecule has 0 spiro atoms. The van der Waals surface area contributed by atoms with E-state index >= 15 is 0 Å². The van der Waals surface area contributed by atoms with Crippen LogP contribution in [0, 0.1) is 34.3 Å². The number of nitrogens with zero attached hydrogens (tertiary/aromatic N) is 4. The minimum absolute atomic E-state index is 0.0400. The number of ether oxygens (including phenoxy) is 3. The molecule has 4 aromatic carbocycles. The zero-order valence-corrected chi connectivity index (χ0v) is 28.9. The third kappa shape index (κ3) is 5.88. The average Bonchev–Trinajstić information content (AvgIpc) is 3.73. The number of esters is 1. The topological polar surface area (TPSA) is 149 Å². The number of halogens is 2. The molecule has 0 aliphatic rings. The summed E-state index contributed by atoms with van der Waals surface area (Å²) >= 11 is 0. The number of pyridine rings is 1. The summed E-state index contributed by atoms with van der Waals surface area (Å²) < 4.78 is 45.2. The molecule has 0 radical (unpaired) electrons. The van der Waals surface area contributed by atoms with E-state index in [-0.39, 0.29) is 16.9 Å². The van der Waals surface area contributed by atoms with E-state index in [2.05, 4.69) is 22.1 Å². The summed E-state index contributed by atoms with van der Waals surface area (Å²) in [5, 5.41) is 20.5. The monoisotopic (exact) mass is 702 g/mol. The second-order valence-electron chi connectivity index (χ2n) is 11.6. The van der Waals surface area contributed by atoms with Gasteiger partial charge in [0, 0.05) is 52.7 Å². The van der Waals surface area contributed by atoms with Gasteiger partial charge in [0.25, 0.3) is 0 Å². The van der Waals surface area contributed by atoms with Crippen LogP contribution >= 0.6 is 0 Å². The molecule has 2 N–H and O–H groups in total. The van der Waals surface area contributed by atoms with Crippen LogP contribution in [-0.2, 0) is 11.3 Å². The number of fused-ring (bicyclic) bond motifs is 5. The molecule has 0 saturated carbocycles. The van der Waals surface area contributed by atoms with E-state index in [9.17, 15) is 18.4 Å². The van der Waals surface area contributed by atoms with Crippen LogP contribution in [0.4, 0.5) is 20.3 Å². The Morgan fingerprint density at radius 3 is 2.02 bits per heavy atom. The van der Waals surface area contributed by atoms with Crippen molar-refractivity contribution >= 4 is 61.2 Å². The molecule has 0 amide bonds. The van der Waals surface area contributed by atoms with Gasteiger partial charge in [-0.05, 0) is 56.3 Å². The van der Waals surface area contributed by atoms with Crippen molar-refractivity contribution in [3.8, 4) is 23.6 Å². The van der Waals surface area contributed by atoms with Crippen molar-refractivity contribution in [2.24, 2.45) is 0 Å². The molecule has 7 aromatic rings. The van der Waals surface area contributed by atoms with E-state index in [4.69, 9.17) is 24.7 Å². The van der Waals surface area contributed by atoms with Crippen LogP contribution in [0.3, 0.4) is 0 Å². The van der Waals surface area contributed by atoms with Crippen LogP contribution in [0.5, 0.6) is 11.5 Å². The number of H-pyrrole nitrogens is 2. The summed E-state index contributed by atoms with van der Waals surface area (Å²) in [7, 11) is 4.07. The number of hydrogen-bond donors (Lipinski definition) is 2. The lowest BCUT2D eigenvalue weighted by Gasteiger charge is -2.23. The molecular weight excluding hydrogens is 670 g/mol. The zero-order chi connectivity index (χ0) is 37.3. The molecule has 3 aromatic heterocycles. The predicted molar refractivity (Wildman–Crippen MR) is 194 cm³/mol. The van der Waals surface area contributed by atoms with Gasteiger partial charge in [0.15, 0.2) is 28.6 Å². The summed E-state index contributed by atoms with van der Waals surface area (Å²) in [5.74, 6) is -0.890. The number of aromatic nitrogens is 3. The van der Waals surface area contributed by atoms with E-state index < -0.39 is 17.6 Å². The van der Waals surface area contributed by atoms with Gasteiger partial charge in [0.2, 0.25) is 0 Å². The number of benzene rings is 4. The number of aryl methyl sites for hydroxylation is 1. The molecule has 0 aliphatic carbocycles. The van der Waals surface area contributed by atoms with Gasteiger partial charge in [-0.3, -0.25) is 4.79 Å². The summed E-state index contributed by atoms with van der Waals surface area (Å²) in [4.78, 5) is 33.7. The maximum absolute atomic E-state index is 14.2. The molecule has 0 aliphatic heterocycles. The van der Waals surface area contributed by atoms with Gasteiger partial charge in [-0.2, -0.15) is 10.5 Å². The number of aromatic amines is 2. The molecule has 262 valence electrons. The highest BCUT2D eigenvalue weighted by molar-refractivity contribution is 6.11. The third-order valence-electron chi connectivity index (χ3n) is 8.86. The average molecular weight is 703 g/mol. The van der Waals surface area contributed by atoms with Crippen molar-refractivity contribution in [3.63, 3.8) is 0 Å². The Morgan fingerprint density at radius 1 is 0.808 bits per heavy atom. The first kappa shape index (κ1) is 35.0. The number of rotatable bonds is 7. The van der Waals surface area contributed by atoms with Crippen LogP contribution in [0.25, 0.3) is 43.7 Å². The highest BCUT2D eigenvalue weighted by atomic mass is 19.1. The van der Waals surface area contributed by atoms with Gasteiger partial charge < -0.3 is 33.6 Å². The lowest BCUT2D eigenvalue weighted by molar-refractivity contribution is 0.0604. The van der Waals surface area contributed by atoms with Crippen molar-refractivity contribution in [2.75, 3.05) is 32.8 Å². The zero-order valence-electron chi connectivity index (χ0n) is 28.9. The SMILES string of the molecule is CCN(c1ccc(OC)c(F)c1)c1[nH]c2cc(C#N)ccc2c1C(=O)OC.CCn1c2cc(F)c(OC)cc2c(=O)c2c3ccc(C#N)cc3[nH]c21. The minimum atomic E-state index is -0.520. The predicted octanol–water partition coefficient (Wildman–Crippen LogP) is 7.81. The molecule has 11 nitrogen and oxygen atoms in total. The van der Waals surface area contributed by atoms with Crippen LogP contribution in [0.15, 0.2) is 71.5 Å². The Balaban J connectivity index is 0.000000179. The molecule has 0 saturated heterocycles. The van der Waals surface area contributed by atoms with E-state index in [0.717, 1.165) is 5.39 Å². The molecule has 0 fully saturated rings. The fourth-order valence-electron chi connectivity index (χ4n) is 6.43. The first-order valence-corrected chi connectivity index (χ1v) is 16.1. The maximum Gasteiger partial charge on any atom is 0.342 e. The maximum atomic E-state index is 14.2. The van der Waals surface area contributed by atoms with E-state index in [1.54, 1.807) is 47.4 Å². The van der Waals surface area contributed by atoms with E-state index in [0.29, 0.717) is 79.6 Å². The van der Waals surface area contributed by atoms with Gasteiger partial charge >= 0.3 is 5.97 Å². The third-order valence-corrected chi connectivity index (χ3v) is 8.86. The highest BCUT2D eigenvalue weighted by Crippen LogP contribution is 2.36. The Bertz CT molecular complexity index is 2680. The molecular formula is C39H32F2N6O5. The van der Waals surface area contributed by atoms with Gasteiger partial charge in [0.05, 0.1) is 60.9 Å². The number of carbonyl (C=O) groups is 1. The van der Waals surface area contributed by atoms with Crippen molar-refractivity contribution in [2.45, 2.75) is 20.4 Å². The highest BCUT2D eigenvalue weighted by Gasteiger charge is 2.25. The number of hydrogen-bond acceptors (Lipinski definition) is 8. The summed E-state index contributed by atoms with van der Waals surface area (Å²) in [6, 6.07) is 21.7. The minimum Gasteiger partial charge on any atom is -0.494 e. The Hall–Kier alpha value is -6.86. The number of nitriles is 2. The lowest BCUT2D eigenvalue weighted by atomic mass is 10.1. The number of carbonyl (C=O) groups excluding carboxylic acids is 1. The Labute approximate surface area is 295 Å². The fourth-order valence-corrected chi connectivity index (χ4v) is 6.43. The Kier molecular flexibility index (Phi) is 9.53. The molecule has 3 heterocycles. The second-order valence-corrected chi connectivity index (χ2v) is 11.6. The van der Waals surface area contributed by atoms with Gasteiger partial charge in [0.1, 0.15) is 17.0 Å². The van der Waals surface area contributed by atoms with Gasteiger partial charge in [-0.25, -0.2) is 13.6 Å². The van der Waals surface area contributed by atoms with Gasteiger partial charge in [-0.1, -0.05) is 12.1 Å². The molecule has 0 bridgehead atoms. The number of nitrogens with one attached hydrogen (secondary N) is 2. The van der Waals surface area contributed by atoms with E-state index in [1.807, 2.05) is 18.4 Å². The fraction of sp³-hybridized carbons (Fsp3) is 0.179. The summed E-state index contributed by atoms with van der Waals surface area (Å²) in [6.07, 6.45) is 0. The van der Waals surface area contributed by atoms with Crippen molar-refractivity contribution in [3.05, 3.63) is 105 Å². The first-order chi connectivity index (χ1) is 25.1.